The minimum absolute atomic E-state index is 0.0629. The predicted octanol–water partition coefficient (Wildman–Crippen LogP) is 4.15. The summed E-state index contributed by atoms with van der Waals surface area (Å²) in [7, 11) is 4.41. The van der Waals surface area contributed by atoms with Crippen molar-refractivity contribution in [3.63, 3.8) is 0 Å². The summed E-state index contributed by atoms with van der Waals surface area (Å²) in [5, 5.41) is 6.12. The summed E-state index contributed by atoms with van der Waals surface area (Å²) in [5.74, 6) is 0.639. The highest BCUT2D eigenvalue weighted by Crippen LogP contribution is 2.38. The number of hydrogen-bond acceptors (Lipinski definition) is 5. The van der Waals surface area contributed by atoms with Crippen molar-refractivity contribution < 1.29 is 19.0 Å². The lowest BCUT2D eigenvalue weighted by atomic mass is 10.1. The van der Waals surface area contributed by atoms with E-state index in [0.717, 1.165) is 0 Å². The Hall–Kier alpha value is -2.22. The molecular formula is C17H16Cl2N2O4S. The van der Waals surface area contributed by atoms with Crippen molar-refractivity contribution in [1.82, 2.24) is 5.32 Å². The zero-order valence-electron chi connectivity index (χ0n) is 14.2. The molecule has 9 heteroatoms. The summed E-state index contributed by atoms with van der Waals surface area (Å²) in [6.07, 6.45) is 0. The fraction of sp³-hybridized carbons (Fsp3) is 0.176. The molecule has 138 valence electrons. The second kappa shape index (κ2) is 8.93. The van der Waals surface area contributed by atoms with Crippen LogP contribution in [0.25, 0.3) is 0 Å². The van der Waals surface area contributed by atoms with E-state index < -0.39 is 5.91 Å². The van der Waals surface area contributed by atoms with Gasteiger partial charge in [0.15, 0.2) is 16.6 Å². The fourth-order valence-electron chi connectivity index (χ4n) is 2.14. The number of carbonyl (C=O) groups is 1. The van der Waals surface area contributed by atoms with Crippen molar-refractivity contribution in [3.8, 4) is 17.2 Å². The number of amides is 1. The van der Waals surface area contributed by atoms with E-state index in [9.17, 15) is 4.79 Å². The Kier molecular flexibility index (Phi) is 6.90. The molecule has 2 N–H and O–H groups in total. The molecule has 6 nitrogen and oxygen atoms in total. The third-order valence-corrected chi connectivity index (χ3v) is 4.38. The minimum atomic E-state index is -0.458. The zero-order chi connectivity index (χ0) is 19.3. The maximum atomic E-state index is 12.5. The molecule has 0 unspecified atom stereocenters. The average Bonchev–Trinajstić information content (AvgIpc) is 2.63. The molecule has 0 radical (unpaired) electrons. The van der Waals surface area contributed by atoms with Gasteiger partial charge in [-0.2, -0.15) is 0 Å². The van der Waals surface area contributed by atoms with Gasteiger partial charge in [-0.3, -0.25) is 10.1 Å². The molecule has 0 aliphatic heterocycles. The summed E-state index contributed by atoms with van der Waals surface area (Å²) >= 11 is 17.2. The zero-order valence-corrected chi connectivity index (χ0v) is 16.5. The Morgan fingerprint density at radius 2 is 1.65 bits per heavy atom. The van der Waals surface area contributed by atoms with Crippen LogP contribution in [0, 0.1) is 0 Å². The first kappa shape index (κ1) is 20.1. The van der Waals surface area contributed by atoms with E-state index in [2.05, 4.69) is 10.6 Å². The van der Waals surface area contributed by atoms with Gasteiger partial charge in [-0.25, -0.2) is 0 Å². The number of thiocarbonyl (C=S) groups is 1. The average molecular weight is 415 g/mol. The van der Waals surface area contributed by atoms with Gasteiger partial charge in [0.05, 0.1) is 37.1 Å². The third kappa shape index (κ3) is 4.49. The SMILES string of the molecule is COc1cc(C(=O)NC(=S)Nc2cccc(Cl)c2Cl)cc(OC)c1OC. The number of benzene rings is 2. The van der Waals surface area contributed by atoms with Crippen molar-refractivity contribution >= 4 is 52.1 Å². The van der Waals surface area contributed by atoms with E-state index in [-0.39, 0.29) is 10.7 Å². The number of ether oxygens (including phenoxy) is 3. The molecular weight excluding hydrogens is 399 g/mol. The second-order valence-corrected chi connectivity index (χ2v) is 6.12. The summed E-state index contributed by atoms with van der Waals surface area (Å²) < 4.78 is 15.7. The molecule has 26 heavy (non-hydrogen) atoms. The lowest BCUT2D eigenvalue weighted by molar-refractivity contribution is 0.0977. The monoisotopic (exact) mass is 414 g/mol. The quantitative estimate of drug-likeness (QED) is 0.716. The van der Waals surface area contributed by atoms with Crippen LogP contribution in [0.2, 0.25) is 10.0 Å². The Bertz CT molecular complexity index is 821. The van der Waals surface area contributed by atoms with E-state index in [1.54, 1.807) is 18.2 Å². The largest absolute Gasteiger partial charge is 0.493 e. The first-order valence-electron chi connectivity index (χ1n) is 7.27. The van der Waals surface area contributed by atoms with Gasteiger partial charge in [-0.15, -0.1) is 0 Å². The van der Waals surface area contributed by atoms with Gasteiger partial charge in [0.1, 0.15) is 0 Å². The van der Waals surface area contributed by atoms with Crippen LogP contribution in [0.4, 0.5) is 5.69 Å². The van der Waals surface area contributed by atoms with Gasteiger partial charge in [0.25, 0.3) is 5.91 Å². The minimum Gasteiger partial charge on any atom is -0.493 e. The molecule has 0 heterocycles. The molecule has 1 amide bonds. The van der Waals surface area contributed by atoms with Crippen molar-refractivity contribution in [2.75, 3.05) is 26.6 Å². The molecule has 0 saturated carbocycles. The molecule has 2 aromatic carbocycles. The molecule has 0 bridgehead atoms. The standard InChI is InChI=1S/C17H16Cl2N2O4S/c1-23-12-7-9(8-13(24-2)15(12)25-3)16(22)21-17(26)20-11-6-4-5-10(18)14(11)19/h4-8H,1-3H3,(H2,20,21,22,26). The smallest absolute Gasteiger partial charge is 0.257 e. The number of hydrogen-bond donors (Lipinski definition) is 2. The van der Waals surface area contributed by atoms with Gasteiger partial charge in [-0.1, -0.05) is 29.3 Å². The number of methoxy groups -OCH3 is 3. The van der Waals surface area contributed by atoms with Crippen molar-refractivity contribution in [2.45, 2.75) is 0 Å². The van der Waals surface area contributed by atoms with Gasteiger partial charge in [0.2, 0.25) is 5.75 Å². The number of halogens is 2. The highest BCUT2D eigenvalue weighted by atomic mass is 35.5. The molecule has 2 aromatic rings. The van der Waals surface area contributed by atoms with E-state index in [0.29, 0.717) is 33.0 Å². The summed E-state index contributed by atoms with van der Waals surface area (Å²) in [6, 6.07) is 8.08. The Morgan fingerprint density at radius 1 is 1.04 bits per heavy atom. The summed E-state index contributed by atoms with van der Waals surface area (Å²) in [6.45, 7) is 0. The number of rotatable bonds is 5. The Balaban J connectivity index is 2.19. The maximum Gasteiger partial charge on any atom is 0.257 e. The highest BCUT2D eigenvalue weighted by molar-refractivity contribution is 7.80. The molecule has 0 fully saturated rings. The van der Waals surface area contributed by atoms with E-state index in [1.165, 1.54) is 33.5 Å². The van der Waals surface area contributed by atoms with E-state index in [4.69, 9.17) is 49.6 Å². The van der Waals surface area contributed by atoms with Crippen LogP contribution in [0.1, 0.15) is 10.4 Å². The van der Waals surface area contributed by atoms with E-state index >= 15 is 0 Å². The topological polar surface area (TPSA) is 68.8 Å². The summed E-state index contributed by atoms with van der Waals surface area (Å²) in [4.78, 5) is 12.5. The van der Waals surface area contributed by atoms with Gasteiger partial charge < -0.3 is 19.5 Å². The predicted molar refractivity (Wildman–Crippen MR) is 106 cm³/mol. The number of carbonyl (C=O) groups excluding carboxylic acids is 1. The van der Waals surface area contributed by atoms with Crippen LogP contribution in [-0.2, 0) is 0 Å². The van der Waals surface area contributed by atoms with Crippen LogP contribution in [0.3, 0.4) is 0 Å². The van der Waals surface area contributed by atoms with Crippen LogP contribution in [0.15, 0.2) is 30.3 Å². The van der Waals surface area contributed by atoms with Crippen molar-refractivity contribution in [3.05, 3.63) is 45.9 Å². The normalized spacial score (nSPS) is 10.0. The molecule has 0 aliphatic rings. The maximum absolute atomic E-state index is 12.5. The molecule has 0 aromatic heterocycles. The Morgan fingerprint density at radius 3 is 2.19 bits per heavy atom. The lowest BCUT2D eigenvalue weighted by Crippen LogP contribution is -2.34. The van der Waals surface area contributed by atoms with Crippen molar-refractivity contribution in [2.24, 2.45) is 0 Å². The second-order valence-electron chi connectivity index (χ2n) is 4.92. The molecule has 0 atom stereocenters. The Labute approximate surface area is 166 Å². The lowest BCUT2D eigenvalue weighted by Gasteiger charge is -2.15. The van der Waals surface area contributed by atoms with E-state index in [1.807, 2.05) is 0 Å². The van der Waals surface area contributed by atoms with Crippen molar-refractivity contribution in [1.29, 1.82) is 0 Å². The molecule has 0 saturated heterocycles. The third-order valence-electron chi connectivity index (χ3n) is 3.35. The summed E-state index contributed by atoms with van der Waals surface area (Å²) in [5.41, 5.74) is 0.759. The number of nitrogens with one attached hydrogen (secondary N) is 2. The van der Waals surface area contributed by atoms with Gasteiger partial charge >= 0.3 is 0 Å². The molecule has 0 spiro atoms. The first-order chi connectivity index (χ1) is 12.4. The molecule has 2 rings (SSSR count). The van der Waals surface area contributed by atoms with Crippen LogP contribution in [0.5, 0.6) is 17.2 Å². The highest BCUT2D eigenvalue weighted by Gasteiger charge is 2.18. The van der Waals surface area contributed by atoms with Crippen LogP contribution >= 0.6 is 35.4 Å². The first-order valence-corrected chi connectivity index (χ1v) is 8.44. The molecule has 0 aliphatic carbocycles. The van der Waals surface area contributed by atoms with Crippen LogP contribution < -0.4 is 24.8 Å². The van der Waals surface area contributed by atoms with Crippen LogP contribution in [-0.4, -0.2) is 32.3 Å². The fourth-order valence-corrected chi connectivity index (χ4v) is 2.69. The number of anilines is 1. The van der Waals surface area contributed by atoms with Gasteiger partial charge in [-0.05, 0) is 36.5 Å². The van der Waals surface area contributed by atoms with Gasteiger partial charge in [0, 0.05) is 5.56 Å².